The molecule has 3 heterocycles. The number of ketones is 1. The molecule has 146 valence electrons. The Morgan fingerprint density at radius 1 is 1.14 bits per heavy atom. The van der Waals surface area contributed by atoms with Crippen LogP contribution in [-0.4, -0.2) is 32.8 Å². The standard InChI is InChI=1S/C21H17N3O4S/c1-12(19(25)14-10-22-15-7-3-2-6-13(14)15)29-21-24-23-20(28-21)18-11-26-16-8-4-5-9-17(16)27-18/h2-10,12,18,22H,11H2,1H3/t12-,18+/m0/s1. The van der Waals surface area contributed by atoms with E-state index in [0.717, 1.165) is 10.9 Å². The van der Waals surface area contributed by atoms with Crippen LogP contribution in [0.3, 0.4) is 0 Å². The number of thioether (sulfide) groups is 1. The second-order valence-corrected chi connectivity index (χ2v) is 7.93. The third-order valence-electron chi connectivity index (χ3n) is 4.71. The van der Waals surface area contributed by atoms with Crippen molar-refractivity contribution in [3.63, 3.8) is 0 Å². The number of hydrogen-bond donors (Lipinski definition) is 1. The number of fused-ring (bicyclic) bond motifs is 2. The number of para-hydroxylation sites is 3. The first-order valence-corrected chi connectivity index (χ1v) is 10.1. The SMILES string of the molecule is C[C@H](Sc1nnc([C@H]2COc3ccccc3O2)o1)C(=O)c1c[nH]c2ccccc12. The maximum absolute atomic E-state index is 12.9. The van der Waals surface area contributed by atoms with Crippen LogP contribution in [0.15, 0.2) is 64.4 Å². The first-order chi connectivity index (χ1) is 14.2. The van der Waals surface area contributed by atoms with Crippen LogP contribution < -0.4 is 9.47 Å². The maximum atomic E-state index is 12.9. The molecule has 0 saturated heterocycles. The number of Topliss-reactive ketones (excluding diaryl/α,β-unsaturated/α-hetero) is 1. The minimum atomic E-state index is -0.480. The van der Waals surface area contributed by atoms with E-state index in [-0.39, 0.29) is 17.6 Å². The fourth-order valence-electron chi connectivity index (χ4n) is 3.24. The van der Waals surface area contributed by atoms with Gasteiger partial charge in [-0.3, -0.25) is 4.79 Å². The molecule has 7 nitrogen and oxygen atoms in total. The molecule has 0 unspecified atom stereocenters. The summed E-state index contributed by atoms with van der Waals surface area (Å²) in [6.07, 6.45) is 1.26. The first-order valence-electron chi connectivity index (χ1n) is 9.18. The van der Waals surface area contributed by atoms with E-state index in [4.69, 9.17) is 13.9 Å². The molecule has 4 aromatic rings. The summed E-state index contributed by atoms with van der Waals surface area (Å²) in [5.74, 6) is 1.65. The summed E-state index contributed by atoms with van der Waals surface area (Å²) in [5.41, 5.74) is 1.59. The highest BCUT2D eigenvalue weighted by Gasteiger charge is 2.28. The molecule has 0 fully saturated rings. The number of rotatable bonds is 5. The second kappa shape index (κ2) is 7.29. The summed E-state index contributed by atoms with van der Waals surface area (Å²) < 4.78 is 17.3. The van der Waals surface area contributed by atoms with Gasteiger partial charge >= 0.3 is 0 Å². The van der Waals surface area contributed by atoms with Crippen molar-refractivity contribution in [1.29, 1.82) is 0 Å². The smallest absolute Gasteiger partial charge is 0.277 e. The molecule has 1 N–H and O–H groups in total. The number of nitrogens with zero attached hydrogens (tertiary/aromatic N) is 2. The second-order valence-electron chi connectivity index (χ2n) is 6.64. The van der Waals surface area contributed by atoms with Gasteiger partial charge in [0.2, 0.25) is 6.10 Å². The highest BCUT2D eigenvalue weighted by Crippen LogP contribution is 2.36. The van der Waals surface area contributed by atoms with Gasteiger partial charge in [0.1, 0.15) is 6.61 Å². The zero-order valence-corrected chi connectivity index (χ0v) is 16.3. The molecule has 2 atom stereocenters. The van der Waals surface area contributed by atoms with Crippen LogP contribution in [0, 0.1) is 0 Å². The Morgan fingerprint density at radius 3 is 2.83 bits per heavy atom. The van der Waals surface area contributed by atoms with E-state index in [1.807, 2.05) is 55.5 Å². The van der Waals surface area contributed by atoms with Crippen LogP contribution >= 0.6 is 11.8 Å². The highest BCUT2D eigenvalue weighted by atomic mass is 32.2. The molecule has 1 aliphatic rings. The van der Waals surface area contributed by atoms with Crippen molar-refractivity contribution < 1.29 is 18.7 Å². The number of hydrogen-bond acceptors (Lipinski definition) is 7. The summed E-state index contributed by atoms with van der Waals surface area (Å²) in [5, 5.41) is 8.99. The lowest BCUT2D eigenvalue weighted by Gasteiger charge is -2.23. The average Bonchev–Trinajstić information content (AvgIpc) is 3.40. The van der Waals surface area contributed by atoms with Crippen molar-refractivity contribution in [2.45, 2.75) is 23.5 Å². The Balaban J connectivity index is 1.29. The van der Waals surface area contributed by atoms with E-state index in [1.54, 1.807) is 6.20 Å². The van der Waals surface area contributed by atoms with Gasteiger partial charge in [-0.05, 0) is 25.1 Å². The minimum Gasteiger partial charge on any atom is -0.485 e. The van der Waals surface area contributed by atoms with E-state index in [9.17, 15) is 4.79 Å². The maximum Gasteiger partial charge on any atom is 0.277 e. The lowest BCUT2D eigenvalue weighted by atomic mass is 10.1. The topological polar surface area (TPSA) is 90.2 Å². The quantitative estimate of drug-likeness (QED) is 0.387. The fraction of sp³-hybridized carbons (Fsp3) is 0.190. The van der Waals surface area contributed by atoms with Crippen LogP contribution in [0.5, 0.6) is 11.5 Å². The summed E-state index contributed by atoms with van der Waals surface area (Å²) in [6, 6.07) is 15.2. The normalized spacial score (nSPS) is 16.7. The van der Waals surface area contributed by atoms with Crippen LogP contribution in [0.4, 0.5) is 0 Å². The lowest BCUT2D eigenvalue weighted by Crippen LogP contribution is -2.21. The fourth-order valence-corrected chi connectivity index (χ4v) is 4.00. The molecular weight excluding hydrogens is 390 g/mol. The Morgan fingerprint density at radius 2 is 1.93 bits per heavy atom. The molecular formula is C21H17N3O4S. The highest BCUT2D eigenvalue weighted by molar-refractivity contribution is 8.00. The predicted octanol–water partition coefficient (Wildman–Crippen LogP) is 4.43. The summed E-state index contributed by atoms with van der Waals surface area (Å²) in [4.78, 5) is 16.0. The van der Waals surface area contributed by atoms with Gasteiger partial charge in [0.25, 0.3) is 11.1 Å². The van der Waals surface area contributed by atoms with E-state index >= 15 is 0 Å². The van der Waals surface area contributed by atoms with Crippen molar-refractivity contribution in [1.82, 2.24) is 15.2 Å². The molecule has 0 saturated carbocycles. The van der Waals surface area contributed by atoms with Gasteiger partial charge < -0.3 is 18.9 Å². The van der Waals surface area contributed by atoms with Crippen molar-refractivity contribution in [3.05, 3.63) is 66.2 Å². The molecule has 0 spiro atoms. The van der Waals surface area contributed by atoms with E-state index < -0.39 is 6.10 Å². The Kier molecular flexibility index (Phi) is 4.48. The zero-order valence-electron chi connectivity index (χ0n) is 15.5. The number of carbonyl (C=O) groups excluding carboxylic acids is 1. The summed E-state index contributed by atoms with van der Waals surface area (Å²) in [6.45, 7) is 2.11. The van der Waals surface area contributed by atoms with Gasteiger partial charge in [-0.15, -0.1) is 10.2 Å². The molecule has 1 aliphatic heterocycles. The zero-order chi connectivity index (χ0) is 19.8. The number of carbonyl (C=O) groups is 1. The number of ether oxygens (including phenoxy) is 2. The third-order valence-corrected chi connectivity index (χ3v) is 5.64. The van der Waals surface area contributed by atoms with Crippen LogP contribution in [0.2, 0.25) is 0 Å². The molecule has 0 radical (unpaired) electrons. The average molecular weight is 407 g/mol. The van der Waals surface area contributed by atoms with Crippen molar-refractivity contribution >= 4 is 28.4 Å². The van der Waals surface area contributed by atoms with Gasteiger partial charge in [0.15, 0.2) is 17.3 Å². The Bertz CT molecular complexity index is 1190. The molecule has 2 aromatic carbocycles. The van der Waals surface area contributed by atoms with E-state index in [0.29, 0.717) is 28.2 Å². The monoisotopic (exact) mass is 407 g/mol. The van der Waals surface area contributed by atoms with E-state index in [2.05, 4.69) is 15.2 Å². The van der Waals surface area contributed by atoms with Gasteiger partial charge in [0, 0.05) is 22.7 Å². The molecule has 0 bridgehead atoms. The van der Waals surface area contributed by atoms with Crippen LogP contribution in [0.1, 0.15) is 29.3 Å². The van der Waals surface area contributed by atoms with Crippen molar-refractivity contribution in [2.24, 2.45) is 0 Å². The summed E-state index contributed by atoms with van der Waals surface area (Å²) >= 11 is 1.23. The molecule has 5 rings (SSSR count). The van der Waals surface area contributed by atoms with Crippen molar-refractivity contribution in [3.8, 4) is 11.5 Å². The largest absolute Gasteiger partial charge is 0.485 e. The lowest BCUT2D eigenvalue weighted by molar-refractivity contribution is 0.0686. The van der Waals surface area contributed by atoms with Crippen molar-refractivity contribution in [2.75, 3.05) is 6.61 Å². The number of benzene rings is 2. The van der Waals surface area contributed by atoms with Gasteiger partial charge in [-0.2, -0.15) is 0 Å². The van der Waals surface area contributed by atoms with E-state index in [1.165, 1.54) is 11.8 Å². The molecule has 8 heteroatoms. The molecule has 0 amide bonds. The minimum absolute atomic E-state index is 0.00150. The molecule has 29 heavy (non-hydrogen) atoms. The first kappa shape index (κ1) is 17.8. The Labute approximate surface area is 170 Å². The number of aromatic nitrogens is 3. The number of nitrogens with one attached hydrogen (secondary N) is 1. The predicted molar refractivity (Wildman–Crippen MR) is 108 cm³/mol. The van der Waals surface area contributed by atoms with Crippen LogP contribution in [-0.2, 0) is 0 Å². The van der Waals surface area contributed by atoms with Gasteiger partial charge in [-0.25, -0.2) is 0 Å². The number of H-pyrrole nitrogens is 1. The third kappa shape index (κ3) is 3.36. The molecule has 0 aliphatic carbocycles. The van der Waals surface area contributed by atoms with Gasteiger partial charge in [0.05, 0.1) is 5.25 Å². The van der Waals surface area contributed by atoms with Gasteiger partial charge in [-0.1, -0.05) is 42.1 Å². The van der Waals surface area contributed by atoms with Crippen LogP contribution in [0.25, 0.3) is 10.9 Å². The summed E-state index contributed by atoms with van der Waals surface area (Å²) in [7, 11) is 0. The Hall–Kier alpha value is -3.26. The number of aromatic amines is 1. The molecule has 2 aromatic heterocycles.